The smallest absolute Gasteiger partial charge is 0.264 e. The van der Waals surface area contributed by atoms with Gasteiger partial charge in [-0.15, -0.1) is 0 Å². The molecule has 1 aliphatic rings. The SMILES string of the molecule is CC[C@@H](C(=O)NC1CCCCC1)N(Cc1ccc(OC)cc1)C(=O)CN(c1cccc(Cl)c1)S(=O)(=O)c1ccc(C)cc1. The summed E-state index contributed by atoms with van der Waals surface area (Å²) in [6.45, 7) is 3.33. The van der Waals surface area contributed by atoms with Crippen LogP contribution in [0.2, 0.25) is 5.02 Å². The number of carbonyl (C=O) groups excluding carboxylic acids is 2. The van der Waals surface area contributed by atoms with Gasteiger partial charge in [-0.25, -0.2) is 8.42 Å². The van der Waals surface area contributed by atoms with Crippen LogP contribution in [0.25, 0.3) is 0 Å². The third-order valence-corrected chi connectivity index (χ3v) is 9.86. The molecule has 2 amide bonds. The molecule has 1 fully saturated rings. The van der Waals surface area contributed by atoms with Crippen molar-refractivity contribution in [2.45, 2.75) is 75.9 Å². The predicted octanol–water partition coefficient (Wildman–Crippen LogP) is 6.11. The summed E-state index contributed by atoms with van der Waals surface area (Å²) in [6.07, 6.45) is 5.45. The Morgan fingerprint density at radius 2 is 1.67 bits per heavy atom. The maximum absolute atomic E-state index is 14.3. The fourth-order valence-electron chi connectivity index (χ4n) is 5.39. The number of rotatable bonds is 12. The highest BCUT2D eigenvalue weighted by molar-refractivity contribution is 7.92. The van der Waals surface area contributed by atoms with Gasteiger partial charge in [0.1, 0.15) is 18.3 Å². The quantitative estimate of drug-likeness (QED) is 0.262. The van der Waals surface area contributed by atoms with Crippen LogP contribution in [0, 0.1) is 6.92 Å². The van der Waals surface area contributed by atoms with Crippen molar-refractivity contribution >= 4 is 39.1 Å². The lowest BCUT2D eigenvalue weighted by molar-refractivity contribution is -0.140. The number of amides is 2. The van der Waals surface area contributed by atoms with Crippen LogP contribution in [0.5, 0.6) is 5.75 Å². The molecular formula is C33H40ClN3O5S. The minimum Gasteiger partial charge on any atom is -0.497 e. The Labute approximate surface area is 260 Å². The zero-order valence-corrected chi connectivity index (χ0v) is 26.5. The van der Waals surface area contributed by atoms with Crippen molar-refractivity contribution < 1.29 is 22.7 Å². The molecule has 3 aromatic carbocycles. The maximum Gasteiger partial charge on any atom is 0.264 e. The van der Waals surface area contributed by atoms with Crippen LogP contribution in [-0.2, 0) is 26.2 Å². The first-order valence-electron chi connectivity index (χ1n) is 14.7. The number of methoxy groups -OCH3 is 1. The Morgan fingerprint density at radius 3 is 2.28 bits per heavy atom. The third-order valence-electron chi connectivity index (χ3n) is 7.83. The molecule has 0 aromatic heterocycles. The molecule has 10 heteroatoms. The van der Waals surface area contributed by atoms with Crippen LogP contribution in [0.4, 0.5) is 5.69 Å². The molecule has 1 aliphatic carbocycles. The van der Waals surface area contributed by atoms with Gasteiger partial charge in [0.05, 0.1) is 17.7 Å². The Kier molecular flexibility index (Phi) is 11.1. The predicted molar refractivity (Wildman–Crippen MR) is 170 cm³/mol. The Hall–Kier alpha value is -3.56. The molecule has 0 spiro atoms. The van der Waals surface area contributed by atoms with E-state index in [1.54, 1.807) is 49.6 Å². The number of hydrogen-bond donors (Lipinski definition) is 1. The Bertz CT molecular complexity index is 1490. The molecule has 0 radical (unpaired) electrons. The van der Waals surface area contributed by atoms with Gasteiger partial charge in [-0.2, -0.15) is 0 Å². The number of benzene rings is 3. The molecule has 1 N–H and O–H groups in total. The molecule has 230 valence electrons. The number of nitrogens with zero attached hydrogens (tertiary/aromatic N) is 2. The molecule has 43 heavy (non-hydrogen) atoms. The van der Waals surface area contributed by atoms with E-state index in [1.165, 1.54) is 23.1 Å². The summed E-state index contributed by atoms with van der Waals surface area (Å²) in [5.74, 6) is -0.0656. The maximum atomic E-state index is 14.3. The largest absolute Gasteiger partial charge is 0.497 e. The molecule has 0 aliphatic heterocycles. The van der Waals surface area contributed by atoms with E-state index in [9.17, 15) is 18.0 Å². The second-order valence-corrected chi connectivity index (χ2v) is 13.2. The van der Waals surface area contributed by atoms with Crippen LogP contribution in [0.15, 0.2) is 77.7 Å². The topological polar surface area (TPSA) is 96.0 Å². The monoisotopic (exact) mass is 625 g/mol. The van der Waals surface area contributed by atoms with Gasteiger partial charge in [-0.1, -0.05) is 73.7 Å². The molecule has 4 rings (SSSR count). The third kappa shape index (κ3) is 8.30. The Morgan fingerprint density at radius 1 is 1.00 bits per heavy atom. The fraction of sp³-hybridized carbons (Fsp3) is 0.394. The lowest BCUT2D eigenvalue weighted by Crippen LogP contribution is -2.54. The van der Waals surface area contributed by atoms with Crippen molar-refractivity contribution in [2.75, 3.05) is 18.0 Å². The van der Waals surface area contributed by atoms with Gasteiger partial charge in [-0.05, 0) is 74.2 Å². The molecule has 1 saturated carbocycles. The summed E-state index contributed by atoms with van der Waals surface area (Å²) in [7, 11) is -2.59. The van der Waals surface area contributed by atoms with Crippen LogP contribution < -0.4 is 14.4 Å². The number of hydrogen-bond acceptors (Lipinski definition) is 5. The van der Waals surface area contributed by atoms with Crippen molar-refractivity contribution in [3.8, 4) is 5.75 Å². The second-order valence-electron chi connectivity index (χ2n) is 10.9. The number of aryl methyl sites for hydroxylation is 1. The molecule has 0 heterocycles. The fourth-order valence-corrected chi connectivity index (χ4v) is 6.98. The van der Waals surface area contributed by atoms with Crippen molar-refractivity contribution in [3.63, 3.8) is 0 Å². The van der Waals surface area contributed by atoms with Crippen molar-refractivity contribution in [1.29, 1.82) is 0 Å². The highest BCUT2D eigenvalue weighted by atomic mass is 35.5. The summed E-state index contributed by atoms with van der Waals surface area (Å²) in [6, 6.07) is 19.4. The van der Waals surface area contributed by atoms with E-state index < -0.39 is 28.5 Å². The first-order chi connectivity index (χ1) is 20.6. The van der Waals surface area contributed by atoms with E-state index in [4.69, 9.17) is 16.3 Å². The number of carbonyl (C=O) groups is 2. The lowest BCUT2D eigenvalue weighted by Gasteiger charge is -2.34. The van der Waals surface area contributed by atoms with Gasteiger partial charge >= 0.3 is 0 Å². The first-order valence-corrected chi connectivity index (χ1v) is 16.5. The van der Waals surface area contributed by atoms with E-state index in [2.05, 4.69) is 5.32 Å². The summed E-state index contributed by atoms with van der Waals surface area (Å²) >= 11 is 6.26. The van der Waals surface area contributed by atoms with Crippen LogP contribution in [0.1, 0.15) is 56.6 Å². The van der Waals surface area contributed by atoms with Crippen molar-refractivity contribution in [1.82, 2.24) is 10.2 Å². The van der Waals surface area contributed by atoms with E-state index in [0.29, 0.717) is 17.2 Å². The highest BCUT2D eigenvalue weighted by Gasteiger charge is 2.34. The van der Waals surface area contributed by atoms with Gasteiger partial charge in [0.25, 0.3) is 10.0 Å². The van der Waals surface area contributed by atoms with Crippen LogP contribution in [-0.4, -0.2) is 50.9 Å². The second kappa shape index (κ2) is 14.8. The van der Waals surface area contributed by atoms with E-state index in [0.717, 1.165) is 47.5 Å². The van der Waals surface area contributed by atoms with Crippen LogP contribution in [0.3, 0.4) is 0 Å². The van der Waals surface area contributed by atoms with Crippen LogP contribution >= 0.6 is 11.6 Å². The molecular weight excluding hydrogens is 586 g/mol. The summed E-state index contributed by atoms with van der Waals surface area (Å²) in [5, 5.41) is 3.50. The van der Waals surface area contributed by atoms with E-state index in [-0.39, 0.29) is 29.1 Å². The number of sulfonamides is 1. The molecule has 0 unspecified atom stereocenters. The molecule has 3 aromatic rings. The normalized spacial score (nSPS) is 14.5. The number of halogens is 1. The zero-order chi connectivity index (χ0) is 31.0. The minimum atomic E-state index is -4.16. The van der Waals surface area contributed by atoms with Crippen molar-refractivity contribution in [2.24, 2.45) is 0 Å². The summed E-state index contributed by atoms with van der Waals surface area (Å²) in [5.41, 5.74) is 1.95. The average Bonchev–Trinajstić information content (AvgIpc) is 3.00. The lowest BCUT2D eigenvalue weighted by atomic mass is 9.95. The first kappa shape index (κ1) is 32.4. The molecule has 1 atom stereocenters. The molecule has 0 bridgehead atoms. The summed E-state index contributed by atoms with van der Waals surface area (Å²) < 4.78 is 34.3. The van der Waals surface area contributed by atoms with Gasteiger partial charge in [-0.3, -0.25) is 13.9 Å². The number of anilines is 1. The zero-order valence-electron chi connectivity index (χ0n) is 25.0. The highest BCUT2D eigenvalue weighted by Crippen LogP contribution is 2.27. The van der Waals surface area contributed by atoms with Gasteiger partial charge in [0.2, 0.25) is 11.8 Å². The molecule has 0 saturated heterocycles. The Balaban J connectivity index is 1.70. The summed E-state index contributed by atoms with van der Waals surface area (Å²) in [4.78, 5) is 29.4. The average molecular weight is 626 g/mol. The molecule has 8 nitrogen and oxygen atoms in total. The van der Waals surface area contributed by atoms with Gasteiger partial charge in [0.15, 0.2) is 0 Å². The van der Waals surface area contributed by atoms with E-state index in [1.807, 2.05) is 26.0 Å². The van der Waals surface area contributed by atoms with Crippen molar-refractivity contribution in [3.05, 3.63) is 88.9 Å². The minimum absolute atomic E-state index is 0.0506. The van der Waals surface area contributed by atoms with E-state index >= 15 is 0 Å². The van der Waals surface area contributed by atoms with Gasteiger partial charge in [0, 0.05) is 17.6 Å². The van der Waals surface area contributed by atoms with Gasteiger partial charge < -0.3 is 15.0 Å². The standard InChI is InChI=1S/C33H40ClN3O5S/c1-4-31(33(39)35-27-10-6-5-7-11-27)36(22-25-15-17-29(42-3)18-16-25)32(38)23-37(28-12-8-9-26(34)21-28)43(40,41)30-19-13-24(2)14-20-30/h8-9,12-21,27,31H,4-7,10-11,22-23H2,1-3H3,(H,35,39)/t31-/m0/s1. The number of ether oxygens (including phenoxy) is 1. The number of nitrogens with one attached hydrogen (secondary N) is 1.